The number of rotatable bonds is 4. The number of nitrogens with zero attached hydrogens (tertiary/aromatic N) is 3. The van der Waals surface area contributed by atoms with Crippen molar-refractivity contribution < 1.29 is 14.4 Å². The van der Waals surface area contributed by atoms with Crippen LogP contribution in [0.25, 0.3) is 0 Å². The summed E-state index contributed by atoms with van der Waals surface area (Å²) in [6, 6.07) is 6.62. The van der Waals surface area contributed by atoms with Gasteiger partial charge in [0, 0.05) is 37.2 Å². The predicted octanol–water partition coefficient (Wildman–Crippen LogP) is 0.835. The number of piperidine rings is 3. The van der Waals surface area contributed by atoms with E-state index in [0.717, 1.165) is 56.7 Å². The molecule has 1 atom stereocenters. The van der Waals surface area contributed by atoms with Crippen molar-refractivity contribution in [2.24, 2.45) is 5.73 Å². The fourth-order valence-corrected chi connectivity index (χ4v) is 5.69. The van der Waals surface area contributed by atoms with Crippen LogP contribution in [0.4, 0.5) is 0 Å². The van der Waals surface area contributed by atoms with Gasteiger partial charge in [-0.3, -0.25) is 24.6 Å². The lowest BCUT2D eigenvalue weighted by atomic mass is 9.97. The summed E-state index contributed by atoms with van der Waals surface area (Å²) >= 11 is 0. The van der Waals surface area contributed by atoms with E-state index in [1.165, 1.54) is 12.8 Å². The van der Waals surface area contributed by atoms with Gasteiger partial charge in [-0.05, 0) is 75.5 Å². The highest BCUT2D eigenvalue weighted by Gasteiger charge is 2.39. The Hall–Kier alpha value is -2.29. The number of nitrogens with two attached hydrogens (primary N) is 1. The van der Waals surface area contributed by atoms with E-state index in [1.54, 1.807) is 4.90 Å². The van der Waals surface area contributed by atoms with Crippen molar-refractivity contribution in [2.75, 3.05) is 26.2 Å². The monoisotopic (exact) mass is 439 g/mol. The number of hydrogen-bond acceptors (Lipinski definition) is 6. The molecule has 5 rings (SSSR count). The number of benzene rings is 1. The highest BCUT2D eigenvalue weighted by molar-refractivity contribution is 6.05. The van der Waals surface area contributed by atoms with Crippen LogP contribution in [-0.2, 0) is 22.7 Å². The lowest BCUT2D eigenvalue weighted by Crippen LogP contribution is -2.52. The summed E-state index contributed by atoms with van der Waals surface area (Å²) in [4.78, 5) is 43.4. The van der Waals surface area contributed by atoms with Crippen molar-refractivity contribution in [3.8, 4) is 0 Å². The maximum Gasteiger partial charge on any atom is 0.255 e. The molecule has 0 radical (unpaired) electrons. The van der Waals surface area contributed by atoms with Crippen LogP contribution in [0.15, 0.2) is 18.2 Å². The smallest absolute Gasteiger partial charge is 0.255 e. The second-order valence-electron chi connectivity index (χ2n) is 9.77. The topological polar surface area (TPSA) is 99.0 Å². The molecular weight excluding hydrogens is 406 g/mol. The van der Waals surface area contributed by atoms with Crippen LogP contribution >= 0.6 is 0 Å². The Morgan fingerprint density at radius 1 is 0.969 bits per heavy atom. The number of fused-ring (bicyclic) bond motifs is 1. The molecule has 3 saturated heterocycles. The van der Waals surface area contributed by atoms with E-state index in [4.69, 9.17) is 5.73 Å². The van der Waals surface area contributed by atoms with Crippen LogP contribution in [-0.4, -0.2) is 76.7 Å². The van der Waals surface area contributed by atoms with E-state index in [2.05, 4.69) is 21.2 Å². The Labute approximate surface area is 189 Å². The Morgan fingerprint density at radius 3 is 2.44 bits per heavy atom. The van der Waals surface area contributed by atoms with Gasteiger partial charge in [0.05, 0.1) is 0 Å². The summed E-state index contributed by atoms with van der Waals surface area (Å²) in [7, 11) is 0. The molecule has 172 valence electrons. The van der Waals surface area contributed by atoms with E-state index in [9.17, 15) is 14.4 Å². The van der Waals surface area contributed by atoms with Crippen molar-refractivity contribution in [3.05, 3.63) is 34.9 Å². The van der Waals surface area contributed by atoms with Gasteiger partial charge in [0.1, 0.15) is 6.04 Å². The molecule has 1 unspecified atom stereocenters. The second kappa shape index (κ2) is 8.92. The van der Waals surface area contributed by atoms with Crippen LogP contribution in [0.1, 0.15) is 60.0 Å². The first kappa shape index (κ1) is 21.6. The second-order valence-corrected chi connectivity index (χ2v) is 9.77. The summed E-state index contributed by atoms with van der Waals surface area (Å²) in [5, 5.41) is 2.36. The van der Waals surface area contributed by atoms with E-state index in [0.29, 0.717) is 30.6 Å². The zero-order chi connectivity index (χ0) is 22.2. The standard InChI is InChI=1S/C24H33N5O3/c25-18-5-11-28(12-6-18)19-7-9-27(10-8-19)14-16-1-2-17-15-29(24(32)20(17)13-16)21-3-4-22(30)26-23(21)31/h1-2,13,18-19,21H,3-12,14-15,25H2,(H,26,30,31). The molecule has 0 spiro atoms. The third kappa shape index (κ3) is 4.31. The molecule has 0 aromatic heterocycles. The van der Waals surface area contributed by atoms with Crippen LogP contribution in [0.2, 0.25) is 0 Å². The summed E-state index contributed by atoms with van der Waals surface area (Å²) in [6.07, 6.45) is 5.26. The third-order valence-corrected chi connectivity index (χ3v) is 7.65. The first-order chi connectivity index (χ1) is 15.5. The molecule has 3 N–H and O–H groups in total. The molecule has 3 fully saturated rings. The van der Waals surface area contributed by atoms with Crippen LogP contribution in [0.3, 0.4) is 0 Å². The van der Waals surface area contributed by atoms with Gasteiger partial charge < -0.3 is 15.5 Å². The minimum absolute atomic E-state index is 0.0987. The summed E-state index contributed by atoms with van der Waals surface area (Å²) in [5.74, 6) is -0.718. The SMILES string of the molecule is NC1CCN(C2CCN(Cc3ccc4c(c3)C(=O)N(C3CCC(=O)NC3=O)C4)CC2)CC1. The Kier molecular flexibility index (Phi) is 6.01. The highest BCUT2D eigenvalue weighted by Crippen LogP contribution is 2.29. The van der Waals surface area contributed by atoms with Gasteiger partial charge in [0.25, 0.3) is 5.91 Å². The van der Waals surface area contributed by atoms with Crippen molar-refractivity contribution in [1.82, 2.24) is 20.0 Å². The van der Waals surface area contributed by atoms with Gasteiger partial charge in [-0.2, -0.15) is 0 Å². The van der Waals surface area contributed by atoms with Crippen LogP contribution in [0, 0.1) is 0 Å². The molecule has 8 nitrogen and oxygen atoms in total. The maximum atomic E-state index is 13.0. The van der Waals surface area contributed by atoms with Gasteiger partial charge in [0.15, 0.2) is 0 Å². The fourth-order valence-electron chi connectivity index (χ4n) is 5.69. The number of amides is 3. The molecule has 0 bridgehead atoms. The van der Waals surface area contributed by atoms with Crippen LogP contribution in [0.5, 0.6) is 0 Å². The normalized spacial score (nSPS) is 26.5. The molecule has 0 saturated carbocycles. The highest BCUT2D eigenvalue weighted by atomic mass is 16.2. The molecule has 4 aliphatic heterocycles. The first-order valence-corrected chi connectivity index (χ1v) is 12.0. The van der Waals surface area contributed by atoms with Gasteiger partial charge >= 0.3 is 0 Å². The number of hydrogen-bond donors (Lipinski definition) is 2. The van der Waals surface area contributed by atoms with Crippen molar-refractivity contribution in [3.63, 3.8) is 0 Å². The predicted molar refractivity (Wildman–Crippen MR) is 120 cm³/mol. The minimum atomic E-state index is -0.556. The molecule has 0 aliphatic carbocycles. The Balaban J connectivity index is 1.18. The van der Waals surface area contributed by atoms with E-state index < -0.39 is 6.04 Å². The van der Waals surface area contributed by atoms with Crippen molar-refractivity contribution >= 4 is 17.7 Å². The number of nitrogens with one attached hydrogen (secondary N) is 1. The quantitative estimate of drug-likeness (QED) is 0.675. The van der Waals surface area contributed by atoms with Crippen molar-refractivity contribution in [2.45, 2.75) is 69.7 Å². The molecular formula is C24H33N5O3. The maximum absolute atomic E-state index is 13.0. The lowest BCUT2D eigenvalue weighted by Gasteiger charge is -2.41. The van der Waals surface area contributed by atoms with E-state index >= 15 is 0 Å². The largest absolute Gasteiger partial charge is 0.328 e. The van der Waals surface area contributed by atoms with E-state index in [-0.39, 0.29) is 24.1 Å². The molecule has 1 aromatic rings. The third-order valence-electron chi connectivity index (χ3n) is 7.65. The average Bonchev–Trinajstić information content (AvgIpc) is 3.11. The summed E-state index contributed by atoms with van der Waals surface area (Å²) < 4.78 is 0. The zero-order valence-corrected chi connectivity index (χ0v) is 18.6. The van der Waals surface area contributed by atoms with E-state index in [1.807, 2.05) is 12.1 Å². The molecule has 8 heteroatoms. The molecule has 4 aliphatic rings. The van der Waals surface area contributed by atoms with Gasteiger partial charge in [-0.1, -0.05) is 12.1 Å². The average molecular weight is 440 g/mol. The lowest BCUT2D eigenvalue weighted by molar-refractivity contribution is -0.136. The van der Waals surface area contributed by atoms with Crippen molar-refractivity contribution in [1.29, 1.82) is 0 Å². The number of likely N-dealkylation sites (tertiary alicyclic amines) is 2. The molecule has 4 heterocycles. The Bertz CT molecular complexity index is 903. The molecule has 1 aromatic carbocycles. The number of carbonyl (C=O) groups excluding carboxylic acids is 3. The number of imide groups is 1. The number of carbonyl (C=O) groups is 3. The van der Waals surface area contributed by atoms with Gasteiger partial charge in [-0.15, -0.1) is 0 Å². The summed E-state index contributed by atoms with van der Waals surface area (Å²) in [5.41, 5.74) is 8.86. The van der Waals surface area contributed by atoms with Crippen LogP contribution < -0.4 is 11.1 Å². The fraction of sp³-hybridized carbons (Fsp3) is 0.625. The minimum Gasteiger partial charge on any atom is -0.328 e. The summed E-state index contributed by atoms with van der Waals surface area (Å²) in [6.45, 7) is 5.67. The first-order valence-electron chi connectivity index (χ1n) is 12.0. The van der Waals surface area contributed by atoms with Gasteiger partial charge in [-0.25, -0.2) is 0 Å². The molecule has 3 amide bonds. The zero-order valence-electron chi connectivity index (χ0n) is 18.6. The Morgan fingerprint density at radius 2 is 1.72 bits per heavy atom. The molecule has 32 heavy (non-hydrogen) atoms. The van der Waals surface area contributed by atoms with Gasteiger partial charge in [0.2, 0.25) is 11.8 Å².